The zero-order chi connectivity index (χ0) is 14.5. The Balaban J connectivity index is 2.32. The summed E-state index contributed by atoms with van der Waals surface area (Å²) in [4.78, 5) is 2.65. The van der Waals surface area contributed by atoms with Crippen molar-refractivity contribution in [2.75, 3.05) is 18.0 Å². The SMILES string of the molecule is CC(C)CN(c1cc(Br)ccc1CCN)C1CCCC1. The second-order valence-electron chi connectivity index (χ2n) is 6.30. The zero-order valence-electron chi connectivity index (χ0n) is 12.7. The van der Waals surface area contributed by atoms with Crippen LogP contribution >= 0.6 is 15.9 Å². The van der Waals surface area contributed by atoms with Gasteiger partial charge in [0.1, 0.15) is 0 Å². The summed E-state index contributed by atoms with van der Waals surface area (Å²) >= 11 is 3.63. The Morgan fingerprint density at radius 3 is 2.60 bits per heavy atom. The average molecular weight is 339 g/mol. The van der Waals surface area contributed by atoms with Crippen molar-refractivity contribution in [3.8, 4) is 0 Å². The summed E-state index contributed by atoms with van der Waals surface area (Å²) in [6, 6.07) is 7.36. The van der Waals surface area contributed by atoms with Crippen LogP contribution in [0, 0.1) is 5.92 Å². The van der Waals surface area contributed by atoms with E-state index in [0.29, 0.717) is 12.0 Å². The first-order valence-electron chi connectivity index (χ1n) is 7.87. The van der Waals surface area contributed by atoms with Crippen molar-refractivity contribution in [2.24, 2.45) is 11.7 Å². The molecule has 0 heterocycles. The normalized spacial score (nSPS) is 16.1. The van der Waals surface area contributed by atoms with Crippen molar-refractivity contribution in [3.63, 3.8) is 0 Å². The number of nitrogens with two attached hydrogens (primary N) is 1. The lowest BCUT2D eigenvalue weighted by atomic mass is 10.0. The molecule has 0 bridgehead atoms. The number of halogens is 1. The van der Waals surface area contributed by atoms with Gasteiger partial charge in [0.2, 0.25) is 0 Å². The van der Waals surface area contributed by atoms with Crippen LogP contribution in [0.1, 0.15) is 45.1 Å². The molecule has 0 spiro atoms. The van der Waals surface area contributed by atoms with Crippen molar-refractivity contribution in [2.45, 2.75) is 52.0 Å². The maximum absolute atomic E-state index is 5.79. The van der Waals surface area contributed by atoms with E-state index in [1.54, 1.807) is 0 Å². The molecule has 1 fully saturated rings. The van der Waals surface area contributed by atoms with Crippen molar-refractivity contribution in [1.29, 1.82) is 0 Å². The minimum Gasteiger partial charge on any atom is -0.368 e. The van der Waals surface area contributed by atoms with Crippen LogP contribution in [0.25, 0.3) is 0 Å². The molecule has 2 rings (SSSR count). The van der Waals surface area contributed by atoms with Gasteiger partial charge in [-0.3, -0.25) is 0 Å². The van der Waals surface area contributed by atoms with Gasteiger partial charge in [-0.15, -0.1) is 0 Å². The molecule has 3 heteroatoms. The van der Waals surface area contributed by atoms with Gasteiger partial charge >= 0.3 is 0 Å². The third kappa shape index (κ3) is 3.98. The molecule has 0 unspecified atom stereocenters. The van der Waals surface area contributed by atoms with Crippen LogP contribution in [0.3, 0.4) is 0 Å². The molecule has 2 N–H and O–H groups in total. The van der Waals surface area contributed by atoms with E-state index in [1.807, 2.05) is 0 Å². The van der Waals surface area contributed by atoms with Crippen LogP contribution in [-0.4, -0.2) is 19.1 Å². The molecule has 2 nitrogen and oxygen atoms in total. The van der Waals surface area contributed by atoms with E-state index < -0.39 is 0 Å². The summed E-state index contributed by atoms with van der Waals surface area (Å²) in [6.45, 7) is 6.47. The van der Waals surface area contributed by atoms with Gasteiger partial charge < -0.3 is 10.6 Å². The molecule has 0 radical (unpaired) electrons. The van der Waals surface area contributed by atoms with E-state index in [0.717, 1.165) is 19.5 Å². The van der Waals surface area contributed by atoms with Crippen LogP contribution in [0.4, 0.5) is 5.69 Å². The molecule has 1 aromatic rings. The van der Waals surface area contributed by atoms with Crippen molar-refractivity contribution >= 4 is 21.6 Å². The molecule has 1 saturated carbocycles. The van der Waals surface area contributed by atoms with Crippen molar-refractivity contribution in [1.82, 2.24) is 0 Å². The second-order valence-corrected chi connectivity index (χ2v) is 7.21. The van der Waals surface area contributed by atoms with Crippen LogP contribution in [0.5, 0.6) is 0 Å². The fourth-order valence-corrected chi connectivity index (χ4v) is 3.57. The molecule has 0 aromatic heterocycles. The smallest absolute Gasteiger partial charge is 0.0413 e. The lowest BCUT2D eigenvalue weighted by Gasteiger charge is -2.34. The summed E-state index contributed by atoms with van der Waals surface area (Å²) < 4.78 is 1.17. The quantitative estimate of drug-likeness (QED) is 0.835. The van der Waals surface area contributed by atoms with Gasteiger partial charge in [-0.25, -0.2) is 0 Å². The first-order chi connectivity index (χ1) is 9.61. The Bertz CT molecular complexity index is 425. The van der Waals surface area contributed by atoms with Crippen molar-refractivity contribution < 1.29 is 0 Å². The van der Waals surface area contributed by atoms with Gasteiger partial charge in [0.15, 0.2) is 0 Å². The number of hydrogen-bond donors (Lipinski definition) is 1. The lowest BCUT2D eigenvalue weighted by Crippen LogP contribution is -2.37. The number of nitrogens with zero attached hydrogens (tertiary/aromatic N) is 1. The highest BCUT2D eigenvalue weighted by Gasteiger charge is 2.25. The largest absolute Gasteiger partial charge is 0.368 e. The lowest BCUT2D eigenvalue weighted by molar-refractivity contribution is 0.534. The molecule has 1 aliphatic carbocycles. The summed E-state index contributed by atoms with van der Waals surface area (Å²) in [5, 5.41) is 0. The minimum absolute atomic E-state index is 0.681. The zero-order valence-corrected chi connectivity index (χ0v) is 14.3. The van der Waals surface area contributed by atoms with E-state index in [-0.39, 0.29) is 0 Å². The first kappa shape index (κ1) is 15.8. The Labute approximate surface area is 131 Å². The summed E-state index contributed by atoms with van der Waals surface area (Å²) in [5.74, 6) is 0.681. The third-order valence-corrected chi connectivity index (χ3v) is 4.59. The molecule has 112 valence electrons. The fraction of sp³-hybridized carbons (Fsp3) is 0.647. The molecular weight excluding hydrogens is 312 g/mol. The Morgan fingerprint density at radius 1 is 1.30 bits per heavy atom. The maximum Gasteiger partial charge on any atom is 0.0413 e. The van der Waals surface area contributed by atoms with Crippen molar-refractivity contribution in [3.05, 3.63) is 28.2 Å². The summed E-state index contributed by atoms with van der Waals surface area (Å²) in [7, 11) is 0. The maximum atomic E-state index is 5.79. The van der Waals surface area contributed by atoms with Gasteiger partial charge in [-0.05, 0) is 49.4 Å². The number of hydrogen-bond acceptors (Lipinski definition) is 2. The van der Waals surface area contributed by atoms with Gasteiger partial charge in [0.05, 0.1) is 0 Å². The van der Waals surface area contributed by atoms with E-state index in [4.69, 9.17) is 5.73 Å². The monoisotopic (exact) mass is 338 g/mol. The molecule has 1 aromatic carbocycles. The van der Waals surface area contributed by atoms with Crippen LogP contribution < -0.4 is 10.6 Å². The fourth-order valence-electron chi connectivity index (χ4n) is 3.22. The molecule has 1 aliphatic rings. The van der Waals surface area contributed by atoms with Crippen LogP contribution in [0.2, 0.25) is 0 Å². The van der Waals surface area contributed by atoms with E-state index in [1.165, 1.54) is 41.4 Å². The highest BCUT2D eigenvalue weighted by Crippen LogP contribution is 2.33. The summed E-state index contributed by atoms with van der Waals surface area (Å²) in [5.41, 5.74) is 8.58. The predicted octanol–water partition coefficient (Wildman–Crippen LogP) is 4.36. The predicted molar refractivity (Wildman–Crippen MR) is 91.3 cm³/mol. The average Bonchev–Trinajstić information content (AvgIpc) is 2.92. The molecule has 0 atom stereocenters. The van der Waals surface area contributed by atoms with Gasteiger partial charge in [0.25, 0.3) is 0 Å². The molecule has 0 amide bonds. The summed E-state index contributed by atoms with van der Waals surface area (Å²) in [6.07, 6.45) is 6.38. The molecule has 0 saturated heterocycles. The highest BCUT2D eigenvalue weighted by atomic mass is 79.9. The minimum atomic E-state index is 0.681. The van der Waals surface area contributed by atoms with Gasteiger partial charge in [-0.1, -0.05) is 48.7 Å². The molecular formula is C17H27BrN2. The van der Waals surface area contributed by atoms with E-state index in [9.17, 15) is 0 Å². The number of anilines is 1. The standard InChI is InChI=1S/C17H27BrN2/c1-13(2)12-20(16-5-3-4-6-16)17-11-15(18)8-7-14(17)9-10-19/h7-8,11,13,16H,3-6,9-10,12,19H2,1-2H3. The number of benzene rings is 1. The van der Waals surface area contributed by atoms with E-state index >= 15 is 0 Å². The highest BCUT2D eigenvalue weighted by molar-refractivity contribution is 9.10. The molecule has 0 aliphatic heterocycles. The second kappa shape index (κ2) is 7.46. The van der Waals surface area contributed by atoms with Gasteiger partial charge in [0, 0.05) is 22.7 Å². The van der Waals surface area contributed by atoms with Crippen LogP contribution in [-0.2, 0) is 6.42 Å². The van der Waals surface area contributed by atoms with E-state index in [2.05, 4.69) is 52.9 Å². The Morgan fingerprint density at radius 2 is 2.00 bits per heavy atom. The Kier molecular flexibility index (Phi) is 5.91. The number of rotatable bonds is 6. The first-order valence-corrected chi connectivity index (χ1v) is 8.66. The van der Waals surface area contributed by atoms with Gasteiger partial charge in [-0.2, -0.15) is 0 Å². The Hall–Kier alpha value is -0.540. The topological polar surface area (TPSA) is 29.3 Å². The molecule has 20 heavy (non-hydrogen) atoms. The third-order valence-electron chi connectivity index (χ3n) is 4.10. The van der Waals surface area contributed by atoms with Crippen LogP contribution in [0.15, 0.2) is 22.7 Å².